The van der Waals surface area contributed by atoms with Crippen LogP contribution in [-0.2, 0) is 14.6 Å². The molecule has 0 heterocycles. The van der Waals surface area contributed by atoms with Crippen LogP contribution in [0.5, 0.6) is 0 Å². The maximum Gasteiger partial charge on any atom is 0.225 e. The van der Waals surface area contributed by atoms with Gasteiger partial charge in [-0.3, -0.25) is 4.79 Å². The molecule has 0 atom stereocenters. The van der Waals surface area contributed by atoms with Gasteiger partial charge in [-0.2, -0.15) is 0 Å². The molecule has 1 aromatic rings. The van der Waals surface area contributed by atoms with Crippen LogP contribution in [0.3, 0.4) is 0 Å². The minimum Gasteiger partial charge on any atom is -0.324 e. The summed E-state index contributed by atoms with van der Waals surface area (Å²) >= 11 is 5.36. The van der Waals surface area contributed by atoms with Crippen molar-refractivity contribution in [1.82, 2.24) is 0 Å². The minimum absolute atomic E-state index is 0.0318. The third-order valence-corrected chi connectivity index (χ3v) is 3.26. The Morgan fingerprint density at radius 3 is 2.65 bits per heavy atom. The molecule has 0 saturated carbocycles. The monoisotopic (exact) mass is 279 g/mol. The number of rotatable bonds is 4. The number of hydrogen-bond acceptors (Lipinski definition) is 3. The van der Waals surface area contributed by atoms with Crippen molar-refractivity contribution in [1.29, 1.82) is 0 Å². The van der Waals surface area contributed by atoms with Crippen molar-refractivity contribution < 1.29 is 17.6 Å². The molecule has 0 radical (unpaired) electrons. The van der Waals surface area contributed by atoms with E-state index in [0.29, 0.717) is 0 Å². The van der Waals surface area contributed by atoms with Gasteiger partial charge < -0.3 is 5.32 Å². The Balaban J connectivity index is 3.03. The Morgan fingerprint density at radius 2 is 2.12 bits per heavy atom. The second-order valence-corrected chi connectivity index (χ2v) is 5.79. The molecule has 0 spiro atoms. The zero-order chi connectivity index (χ0) is 13.1. The van der Waals surface area contributed by atoms with E-state index < -0.39 is 21.6 Å². The van der Waals surface area contributed by atoms with E-state index >= 15 is 0 Å². The molecule has 0 aliphatic heterocycles. The molecule has 0 aliphatic carbocycles. The van der Waals surface area contributed by atoms with Gasteiger partial charge in [0.2, 0.25) is 5.91 Å². The highest BCUT2D eigenvalue weighted by Gasteiger charge is 2.12. The number of amides is 1. The Hall–Kier alpha value is -1.14. The van der Waals surface area contributed by atoms with Crippen molar-refractivity contribution >= 4 is 33.0 Å². The molecule has 17 heavy (non-hydrogen) atoms. The fourth-order valence-corrected chi connectivity index (χ4v) is 1.95. The van der Waals surface area contributed by atoms with E-state index in [1.54, 1.807) is 0 Å². The molecule has 7 heteroatoms. The second-order valence-electron chi connectivity index (χ2n) is 3.40. The first-order valence-electron chi connectivity index (χ1n) is 4.70. The maximum atomic E-state index is 13.3. The third-order valence-electron chi connectivity index (χ3n) is 1.96. The number of hydrogen-bond donors (Lipinski definition) is 1. The number of anilines is 1. The standard InChI is InChI=1S/C10H11ClFNO3S/c1-17(15,16)7-2-3-8(12)9(6-7)13-10(14)4-5-11/h2-3,6H,4-5H2,1H3,(H,13,14). The molecule has 0 saturated heterocycles. The van der Waals surface area contributed by atoms with Crippen LogP contribution in [0.4, 0.5) is 10.1 Å². The summed E-state index contributed by atoms with van der Waals surface area (Å²) in [5.41, 5.74) is -0.164. The first kappa shape index (κ1) is 13.9. The van der Waals surface area contributed by atoms with E-state index in [1.807, 2.05) is 0 Å². The minimum atomic E-state index is -3.43. The van der Waals surface area contributed by atoms with Gasteiger partial charge in [-0.05, 0) is 18.2 Å². The lowest BCUT2D eigenvalue weighted by Crippen LogP contribution is -2.13. The summed E-state index contributed by atoms with van der Waals surface area (Å²) in [6, 6.07) is 3.21. The molecule has 0 aromatic heterocycles. The van der Waals surface area contributed by atoms with Gasteiger partial charge in [0.05, 0.1) is 10.6 Å². The largest absolute Gasteiger partial charge is 0.324 e. The van der Waals surface area contributed by atoms with E-state index in [2.05, 4.69) is 5.32 Å². The summed E-state index contributed by atoms with van der Waals surface area (Å²) in [6.45, 7) is 0. The van der Waals surface area contributed by atoms with Crippen LogP contribution < -0.4 is 5.32 Å². The van der Waals surface area contributed by atoms with Crippen molar-refractivity contribution in [3.63, 3.8) is 0 Å². The average Bonchev–Trinajstić information content (AvgIpc) is 2.20. The lowest BCUT2D eigenvalue weighted by molar-refractivity contribution is -0.115. The zero-order valence-electron chi connectivity index (χ0n) is 9.04. The summed E-state index contributed by atoms with van der Waals surface area (Å²) in [6.07, 6.45) is 1.04. The number of halogens is 2. The number of benzene rings is 1. The fourth-order valence-electron chi connectivity index (χ4n) is 1.13. The topological polar surface area (TPSA) is 63.2 Å². The molecule has 4 nitrogen and oxygen atoms in total. The first-order chi connectivity index (χ1) is 7.84. The van der Waals surface area contributed by atoms with E-state index in [1.165, 1.54) is 0 Å². The summed E-state index contributed by atoms with van der Waals surface area (Å²) in [5.74, 6) is -1.05. The summed E-state index contributed by atoms with van der Waals surface area (Å²) in [7, 11) is -3.43. The van der Waals surface area contributed by atoms with Crippen LogP contribution in [0.1, 0.15) is 6.42 Å². The second kappa shape index (κ2) is 5.46. The Kier molecular flexibility index (Phi) is 4.47. The molecular weight excluding hydrogens is 269 g/mol. The molecule has 0 aliphatic rings. The maximum absolute atomic E-state index is 13.3. The summed E-state index contributed by atoms with van der Waals surface area (Å²) in [5, 5.41) is 2.26. The van der Waals surface area contributed by atoms with E-state index in [0.717, 1.165) is 24.5 Å². The van der Waals surface area contributed by atoms with E-state index in [9.17, 15) is 17.6 Å². The lowest BCUT2D eigenvalue weighted by atomic mass is 10.3. The molecule has 1 N–H and O–H groups in total. The van der Waals surface area contributed by atoms with Crippen LogP contribution in [0.25, 0.3) is 0 Å². The predicted octanol–water partition coefficient (Wildman–Crippen LogP) is 1.80. The first-order valence-corrected chi connectivity index (χ1v) is 7.12. The van der Waals surface area contributed by atoms with Gasteiger partial charge in [0, 0.05) is 18.6 Å². The lowest BCUT2D eigenvalue weighted by Gasteiger charge is -2.07. The highest BCUT2D eigenvalue weighted by molar-refractivity contribution is 7.90. The van der Waals surface area contributed by atoms with Crippen LogP contribution in [0, 0.1) is 5.82 Å². The average molecular weight is 280 g/mol. The Bertz CT molecular complexity index is 530. The van der Waals surface area contributed by atoms with Crippen molar-refractivity contribution in [2.75, 3.05) is 17.5 Å². The zero-order valence-corrected chi connectivity index (χ0v) is 10.6. The Morgan fingerprint density at radius 1 is 1.47 bits per heavy atom. The smallest absolute Gasteiger partial charge is 0.225 e. The number of sulfone groups is 1. The highest BCUT2D eigenvalue weighted by atomic mass is 35.5. The van der Waals surface area contributed by atoms with E-state index in [-0.39, 0.29) is 22.9 Å². The van der Waals surface area contributed by atoms with Gasteiger partial charge in [0.25, 0.3) is 0 Å². The normalized spacial score (nSPS) is 11.2. The van der Waals surface area contributed by atoms with Crippen LogP contribution in [0.15, 0.2) is 23.1 Å². The molecule has 0 fully saturated rings. The molecule has 0 unspecified atom stereocenters. The third kappa shape index (κ3) is 3.98. The van der Waals surface area contributed by atoms with E-state index in [4.69, 9.17) is 11.6 Å². The van der Waals surface area contributed by atoms with Gasteiger partial charge in [-0.25, -0.2) is 12.8 Å². The highest BCUT2D eigenvalue weighted by Crippen LogP contribution is 2.19. The number of carbonyl (C=O) groups is 1. The van der Waals surface area contributed by atoms with Crippen LogP contribution in [0.2, 0.25) is 0 Å². The predicted molar refractivity (Wildman–Crippen MR) is 63.5 cm³/mol. The Labute approximate surface area is 104 Å². The van der Waals surface area contributed by atoms with Crippen molar-refractivity contribution in [3.05, 3.63) is 24.0 Å². The number of alkyl halides is 1. The van der Waals surface area contributed by atoms with Gasteiger partial charge in [-0.1, -0.05) is 0 Å². The van der Waals surface area contributed by atoms with Crippen molar-refractivity contribution in [3.8, 4) is 0 Å². The van der Waals surface area contributed by atoms with Crippen LogP contribution >= 0.6 is 11.6 Å². The van der Waals surface area contributed by atoms with Gasteiger partial charge in [0.1, 0.15) is 5.82 Å². The number of carbonyl (C=O) groups excluding carboxylic acids is 1. The quantitative estimate of drug-likeness (QED) is 0.675. The van der Waals surface area contributed by atoms with Gasteiger partial charge >= 0.3 is 0 Å². The van der Waals surface area contributed by atoms with Crippen molar-refractivity contribution in [2.45, 2.75) is 11.3 Å². The fraction of sp³-hybridized carbons (Fsp3) is 0.300. The molecular formula is C10H11ClFNO3S. The SMILES string of the molecule is CS(=O)(=O)c1ccc(F)c(NC(=O)CCCl)c1. The summed E-state index contributed by atoms with van der Waals surface area (Å²) in [4.78, 5) is 11.2. The molecule has 0 bridgehead atoms. The molecule has 1 amide bonds. The number of nitrogens with one attached hydrogen (secondary N) is 1. The van der Waals surface area contributed by atoms with Crippen LogP contribution in [-0.4, -0.2) is 26.5 Å². The van der Waals surface area contributed by atoms with Gasteiger partial charge in [-0.15, -0.1) is 11.6 Å². The molecule has 1 aromatic carbocycles. The summed E-state index contributed by atoms with van der Waals surface area (Å²) < 4.78 is 35.8. The van der Waals surface area contributed by atoms with Crippen molar-refractivity contribution in [2.24, 2.45) is 0 Å². The molecule has 94 valence electrons. The molecule has 1 rings (SSSR count). The van der Waals surface area contributed by atoms with Gasteiger partial charge in [0.15, 0.2) is 9.84 Å².